The molecule has 0 aliphatic carbocycles. The largest absolute Gasteiger partial charge is 0.497 e. The van der Waals surface area contributed by atoms with Gasteiger partial charge in [0.25, 0.3) is 0 Å². The monoisotopic (exact) mass is 408 g/mol. The number of aromatic nitrogens is 1. The number of amides is 1. The molecule has 30 heavy (non-hydrogen) atoms. The highest BCUT2D eigenvalue weighted by Gasteiger charge is 2.18. The lowest BCUT2D eigenvalue weighted by molar-refractivity contribution is -0.110. The van der Waals surface area contributed by atoms with E-state index in [1.54, 1.807) is 7.11 Å². The van der Waals surface area contributed by atoms with E-state index in [1.807, 2.05) is 19.1 Å². The highest BCUT2D eigenvalue weighted by molar-refractivity contribution is 5.84. The third kappa shape index (κ3) is 4.61. The van der Waals surface area contributed by atoms with Crippen LogP contribution >= 0.6 is 0 Å². The molecule has 0 saturated heterocycles. The van der Waals surface area contributed by atoms with Crippen LogP contribution in [0.2, 0.25) is 0 Å². The van der Waals surface area contributed by atoms with E-state index in [-0.39, 0.29) is 6.04 Å². The molecule has 3 aromatic rings. The topological polar surface area (TPSA) is 63.4 Å². The Morgan fingerprint density at radius 3 is 2.53 bits per heavy atom. The normalized spacial score (nSPS) is 12.0. The zero-order chi connectivity index (χ0) is 21.5. The van der Waals surface area contributed by atoms with Crippen LogP contribution in [0.4, 0.5) is 0 Å². The Hall–Kier alpha value is -2.95. The van der Waals surface area contributed by atoms with Crippen molar-refractivity contribution in [1.29, 1.82) is 0 Å². The molecule has 1 heterocycles. The van der Waals surface area contributed by atoms with Gasteiger partial charge < -0.3 is 19.8 Å². The van der Waals surface area contributed by atoms with Crippen molar-refractivity contribution >= 4 is 17.3 Å². The maximum Gasteiger partial charge on any atom is 0.207 e. The number of carbonyl (C=O) groups is 1. The molecule has 0 aliphatic heterocycles. The Balaban J connectivity index is 1.90. The molecule has 0 fully saturated rings. The summed E-state index contributed by atoms with van der Waals surface area (Å²) in [5.74, 6) is 1.80. The predicted molar refractivity (Wildman–Crippen MR) is 121 cm³/mol. The lowest BCUT2D eigenvalue weighted by Gasteiger charge is -2.22. The molecule has 1 aromatic heterocycles. The van der Waals surface area contributed by atoms with Gasteiger partial charge in [0.1, 0.15) is 11.5 Å². The van der Waals surface area contributed by atoms with E-state index in [4.69, 9.17) is 9.47 Å². The van der Waals surface area contributed by atoms with Crippen LogP contribution in [0.3, 0.4) is 0 Å². The van der Waals surface area contributed by atoms with Crippen molar-refractivity contribution in [3.8, 4) is 11.5 Å². The number of rotatable bonds is 11. The average Bonchev–Trinajstić information content (AvgIpc) is 3.18. The fraction of sp³-hybridized carbons (Fsp3) is 0.400. The predicted octanol–water partition coefficient (Wildman–Crippen LogP) is 5.12. The summed E-state index contributed by atoms with van der Waals surface area (Å²) >= 11 is 0. The van der Waals surface area contributed by atoms with Crippen LogP contribution in [-0.4, -0.2) is 25.1 Å². The number of nitrogens with one attached hydrogen (secondary N) is 2. The van der Waals surface area contributed by atoms with Gasteiger partial charge in [0.15, 0.2) is 0 Å². The summed E-state index contributed by atoms with van der Waals surface area (Å²) in [4.78, 5) is 14.7. The van der Waals surface area contributed by atoms with Gasteiger partial charge in [-0.1, -0.05) is 13.8 Å². The molecule has 0 saturated carbocycles. The van der Waals surface area contributed by atoms with E-state index >= 15 is 0 Å². The van der Waals surface area contributed by atoms with Crippen molar-refractivity contribution in [1.82, 2.24) is 10.3 Å². The Bertz CT molecular complexity index is 993. The van der Waals surface area contributed by atoms with E-state index in [0.717, 1.165) is 54.5 Å². The number of ether oxygens (including phenoxy) is 2. The number of carbonyl (C=O) groups excluding carboxylic acids is 1. The first-order valence-electron chi connectivity index (χ1n) is 10.8. The molecular formula is C25H32N2O3. The van der Waals surface area contributed by atoms with Crippen molar-refractivity contribution in [2.45, 2.75) is 52.5 Å². The highest BCUT2D eigenvalue weighted by Crippen LogP contribution is 2.32. The molecule has 0 aliphatic rings. The summed E-state index contributed by atoms with van der Waals surface area (Å²) in [6, 6.07) is 10.4. The van der Waals surface area contributed by atoms with Gasteiger partial charge in [-0.2, -0.15) is 0 Å². The minimum atomic E-state index is -0.0472. The molecule has 1 amide bonds. The summed E-state index contributed by atoms with van der Waals surface area (Å²) in [5.41, 5.74) is 5.90. The molecule has 0 spiro atoms. The van der Waals surface area contributed by atoms with Gasteiger partial charge in [-0.15, -0.1) is 0 Å². The lowest BCUT2D eigenvalue weighted by atomic mass is 9.91. The van der Waals surface area contributed by atoms with Crippen molar-refractivity contribution in [2.24, 2.45) is 0 Å². The van der Waals surface area contributed by atoms with Crippen molar-refractivity contribution in [3.05, 3.63) is 58.8 Å². The first kappa shape index (κ1) is 21.8. The smallest absolute Gasteiger partial charge is 0.207 e. The van der Waals surface area contributed by atoms with Gasteiger partial charge in [-0.3, -0.25) is 4.79 Å². The Labute approximate surface area is 178 Å². The van der Waals surface area contributed by atoms with Crippen LogP contribution in [0.15, 0.2) is 36.5 Å². The minimum Gasteiger partial charge on any atom is -0.497 e. The van der Waals surface area contributed by atoms with Crippen LogP contribution in [0.25, 0.3) is 10.9 Å². The number of aryl methyl sites for hydroxylation is 3. The van der Waals surface area contributed by atoms with Crippen LogP contribution < -0.4 is 14.8 Å². The van der Waals surface area contributed by atoms with Crippen LogP contribution in [0.5, 0.6) is 11.5 Å². The average molecular weight is 409 g/mol. The molecule has 5 nitrogen and oxygen atoms in total. The number of hydrogen-bond donors (Lipinski definition) is 2. The third-order valence-corrected chi connectivity index (χ3v) is 5.71. The summed E-state index contributed by atoms with van der Waals surface area (Å²) in [5, 5.41) is 4.22. The molecule has 0 radical (unpaired) electrons. The van der Waals surface area contributed by atoms with Crippen molar-refractivity contribution in [3.63, 3.8) is 0 Å². The molecular weight excluding hydrogens is 376 g/mol. The maximum absolute atomic E-state index is 11.4. The summed E-state index contributed by atoms with van der Waals surface area (Å²) in [7, 11) is 1.68. The van der Waals surface area contributed by atoms with Crippen molar-refractivity contribution < 1.29 is 14.3 Å². The van der Waals surface area contributed by atoms with Crippen LogP contribution in [0.1, 0.15) is 55.5 Å². The molecule has 2 aromatic carbocycles. The van der Waals surface area contributed by atoms with E-state index in [9.17, 15) is 4.79 Å². The molecule has 0 bridgehead atoms. The summed E-state index contributed by atoms with van der Waals surface area (Å²) < 4.78 is 11.2. The number of hydrogen-bond acceptors (Lipinski definition) is 3. The van der Waals surface area contributed by atoms with Gasteiger partial charge in [0, 0.05) is 17.1 Å². The van der Waals surface area contributed by atoms with Gasteiger partial charge in [-0.05, 0) is 85.2 Å². The number of fused-ring (bicyclic) bond motifs is 1. The molecule has 160 valence electrons. The summed E-state index contributed by atoms with van der Waals surface area (Å²) in [6.45, 7) is 6.93. The zero-order valence-electron chi connectivity index (χ0n) is 18.4. The molecule has 3 rings (SSSR count). The molecule has 1 unspecified atom stereocenters. The standard InChI is InChI=1S/C25H32N2O3/c1-5-17-13-25(30-7-3)18(6-2)12-21(17)24(27-16-28)10-8-19-15-26-23-11-9-20(29-4)14-22(19)23/h9,11-16,24,26H,5-8,10H2,1-4H3,(H,27,28). The lowest BCUT2D eigenvalue weighted by Crippen LogP contribution is -2.22. The Morgan fingerprint density at radius 2 is 1.87 bits per heavy atom. The second kappa shape index (κ2) is 10.2. The molecule has 2 N–H and O–H groups in total. The first-order chi connectivity index (χ1) is 14.6. The SMILES string of the molecule is CCOc1cc(CC)c(C(CCc2c[nH]c3ccc(OC)cc23)NC=O)cc1CC. The summed E-state index contributed by atoms with van der Waals surface area (Å²) in [6.07, 6.45) is 6.30. The highest BCUT2D eigenvalue weighted by atomic mass is 16.5. The number of methoxy groups -OCH3 is 1. The number of aromatic amines is 1. The molecule has 5 heteroatoms. The Kier molecular flexibility index (Phi) is 7.39. The van der Waals surface area contributed by atoms with Crippen LogP contribution in [-0.2, 0) is 24.1 Å². The minimum absolute atomic E-state index is 0.0472. The molecule has 1 atom stereocenters. The first-order valence-corrected chi connectivity index (χ1v) is 10.8. The fourth-order valence-corrected chi connectivity index (χ4v) is 4.08. The second-order valence-electron chi connectivity index (χ2n) is 7.40. The van der Waals surface area contributed by atoms with Gasteiger partial charge >= 0.3 is 0 Å². The quantitative estimate of drug-likeness (QED) is 0.433. The zero-order valence-corrected chi connectivity index (χ0v) is 18.4. The van der Waals surface area contributed by atoms with E-state index in [0.29, 0.717) is 6.61 Å². The van der Waals surface area contributed by atoms with E-state index in [1.165, 1.54) is 22.3 Å². The number of H-pyrrole nitrogens is 1. The maximum atomic E-state index is 11.4. The van der Waals surface area contributed by atoms with Crippen molar-refractivity contribution in [2.75, 3.05) is 13.7 Å². The van der Waals surface area contributed by atoms with Gasteiger partial charge in [-0.25, -0.2) is 0 Å². The Morgan fingerprint density at radius 1 is 1.07 bits per heavy atom. The van der Waals surface area contributed by atoms with Gasteiger partial charge in [0.2, 0.25) is 6.41 Å². The van der Waals surface area contributed by atoms with Gasteiger partial charge in [0.05, 0.1) is 19.8 Å². The van der Waals surface area contributed by atoms with E-state index < -0.39 is 0 Å². The third-order valence-electron chi connectivity index (χ3n) is 5.71. The fourth-order valence-electron chi connectivity index (χ4n) is 4.08. The number of benzene rings is 2. The van der Waals surface area contributed by atoms with Crippen LogP contribution in [0, 0.1) is 0 Å². The van der Waals surface area contributed by atoms with E-state index in [2.05, 4.69) is 48.5 Å². The second-order valence-corrected chi connectivity index (χ2v) is 7.40.